The van der Waals surface area contributed by atoms with E-state index in [1.54, 1.807) is 6.92 Å². The zero-order valence-electron chi connectivity index (χ0n) is 7.89. The smallest absolute Gasteiger partial charge is 0.324 e. The van der Waals surface area contributed by atoms with Gasteiger partial charge >= 0.3 is 5.97 Å². The van der Waals surface area contributed by atoms with Gasteiger partial charge in [-0.1, -0.05) is 0 Å². The van der Waals surface area contributed by atoms with Crippen molar-refractivity contribution in [3.8, 4) is 0 Å². The lowest BCUT2D eigenvalue weighted by Crippen LogP contribution is -2.54. The third-order valence-electron chi connectivity index (χ3n) is 3.25. The van der Waals surface area contributed by atoms with Gasteiger partial charge in [-0.15, -0.1) is 0 Å². The molecule has 4 atom stereocenters. The average molecular weight is 217 g/mol. The Morgan fingerprint density at radius 2 is 2.29 bits per heavy atom. The highest BCUT2D eigenvalue weighted by Crippen LogP contribution is 2.43. The SMILES string of the molecule is CC1N2C(=O)C[C@H]2S(=O)C1(C)C(=O)O. The van der Waals surface area contributed by atoms with Crippen LogP contribution in [0, 0.1) is 0 Å². The van der Waals surface area contributed by atoms with Crippen LogP contribution < -0.4 is 0 Å². The molecule has 2 aliphatic rings. The summed E-state index contributed by atoms with van der Waals surface area (Å²) in [4.78, 5) is 23.7. The fourth-order valence-corrected chi connectivity index (χ4v) is 4.01. The number of hydrogen-bond donors (Lipinski definition) is 1. The quantitative estimate of drug-likeness (QED) is 0.603. The Hall–Kier alpha value is -0.910. The van der Waals surface area contributed by atoms with Crippen molar-refractivity contribution in [3.63, 3.8) is 0 Å². The summed E-state index contributed by atoms with van der Waals surface area (Å²) < 4.78 is 10.5. The lowest BCUT2D eigenvalue weighted by atomic mass is 9.98. The minimum Gasteiger partial charge on any atom is -0.480 e. The number of amides is 1. The second-order valence-electron chi connectivity index (χ2n) is 3.85. The van der Waals surface area contributed by atoms with E-state index in [0.29, 0.717) is 0 Å². The fourth-order valence-electron chi connectivity index (χ4n) is 2.03. The molecule has 6 heteroatoms. The van der Waals surface area contributed by atoms with Crippen molar-refractivity contribution in [3.05, 3.63) is 0 Å². The van der Waals surface area contributed by atoms with Gasteiger partial charge in [0.2, 0.25) is 5.91 Å². The maximum atomic E-state index is 11.8. The van der Waals surface area contributed by atoms with Crippen LogP contribution in [-0.4, -0.2) is 42.3 Å². The molecule has 2 aliphatic heterocycles. The Morgan fingerprint density at radius 1 is 1.71 bits per heavy atom. The Balaban J connectivity index is 2.42. The van der Waals surface area contributed by atoms with E-state index in [4.69, 9.17) is 5.11 Å². The molecule has 3 unspecified atom stereocenters. The molecule has 1 N–H and O–H groups in total. The number of β-lactam (4-membered cyclic amide) rings is 1. The summed E-state index contributed by atoms with van der Waals surface area (Å²) >= 11 is 0. The number of hydrogen-bond acceptors (Lipinski definition) is 3. The van der Waals surface area contributed by atoms with Crippen LogP contribution in [0.4, 0.5) is 0 Å². The molecule has 14 heavy (non-hydrogen) atoms. The lowest BCUT2D eigenvalue weighted by Gasteiger charge is -2.36. The minimum atomic E-state index is -1.49. The Kier molecular flexibility index (Phi) is 1.76. The van der Waals surface area contributed by atoms with Gasteiger partial charge in [-0.2, -0.15) is 0 Å². The molecular formula is C8H11NO4S. The van der Waals surface area contributed by atoms with Gasteiger partial charge in [-0.25, -0.2) is 0 Å². The van der Waals surface area contributed by atoms with Crippen LogP contribution in [0.5, 0.6) is 0 Å². The normalized spacial score (nSPS) is 46.0. The van der Waals surface area contributed by atoms with E-state index in [-0.39, 0.29) is 17.7 Å². The molecule has 0 aromatic rings. The molecule has 0 aromatic heterocycles. The first kappa shape index (κ1) is 9.64. The number of carbonyl (C=O) groups excluding carboxylic acids is 1. The third-order valence-corrected chi connectivity index (χ3v) is 5.49. The van der Waals surface area contributed by atoms with E-state index in [2.05, 4.69) is 0 Å². The van der Waals surface area contributed by atoms with Gasteiger partial charge in [-0.3, -0.25) is 13.8 Å². The zero-order chi connectivity index (χ0) is 10.7. The first-order valence-electron chi connectivity index (χ1n) is 4.36. The third kappa shape index (κ3) is 0.821. The van der Waals surface area contributed by atoms with Gasteiger partial charge in [0.05, 0.1) is 23.3 Å². The Morgan fingerprint density at radius 3 is 2.64 bits per heavy atom. The molecule has 2 heterocycles. The predicted octanol–water partition coefficient (Wildman–Crippen LogP) is -0.461. The van der Waals surface area contributed by atoms with Crippen LogP contribution in [0.2, 0.25) is 0 Å². The summed E-state index contributed by atoms with van der Waals surface area (Å²) in [5, 5.41) is 8.66. The molecule has 0 bridgehead atoms. The molecule has 2 fully saturated rings. The molecular weight excluding hydrogens is 206 g/mol. The molecule has 2 saturated heterocycles. The highest BCUT2D eigenvalue weighted by atomic mass is 32.2. The standard InChI is InChI=1S/C8H11NO4S/c1-4-8(2,7(11)12)14(13)6-3-5(10)9(4)6/h4,6H,3H2,1-2H3,(H,11,12)/t4?,6-,8?,14?/m1/s1. The topological polar surface area (TPSA) is 74.7 Å². The number of aliphatic carboxylic acids is 1. The van der Waals surface area contributed by atoms with Crippen molar-refractivity contribution in [2.45, 2.75) is 36.4 Å². The van der Waals surface area contributed by atoms with Crippen molar-refractivity contribution in [2.75, 3.05) is 0 Å². The van der Waals surface area contributed by atoms with Gasteiger partial charge in [0, 0.05) is 0 Å². The van der Waals surface area contributed by atoms with Crippen LogP contribution in [0.1, 0.15) is 20.3 Å². The van der Waals surface area contributed by atoms with E-state index in [9.17, 15) is 13.8 Å². The lowest BCUT2D eigenvalue weighted by molar-refractivity contribution is -0.147. The number of rotatable bonds is 1. The molecule has 0 radical (unpaired) electrons. The van der Waals surface area contributed by atoms with Crippen molar-refractivity contribution < 1.29 is 18.9 Å². The summed E-state index contributed by atoms with van der Waals surface area (Å²) in [6, 6.07) is -0.480. The first-order valence-corrected chi connectivity index (χ1v) is 5.57. The van der Waals surface area contributed by atoms with E-state index in [1.165, 1.54) is 11.8 Å². The van der Waals surface area contributed by atoms with Crippen LogP contribution in [0.15, 0.2) is 0 Å². The second kappa shape index (κ2) is 2.56. The summed E-state index contributed by atoms with van der Waals surface area (Å²) in [6.07, 6.45) is 0.222. The van der Waals surface area contributed by atoms with Crippen LogP contribution in [0.3, 0.4) is 0 Å². The summed E-state index contributed by atoms with van der Waals surface area (Å²) in [7, 11) is -1.49. The van der Waals surface area contributed by atoms with E-state index < -0.39 is 27.6 Å². The van der Waals surface area contributed by atoms with Gasteiger partial charge in [0.1, 0.15) is 5.37 Å². The molecule has 5 nitrogen and oxygen atoms in total. The molecule has 1 amide bonds. The van der Waals surface area contributed by atoms with Crippen LogP contribution >= 0.6 is 0 Å². The molecule has 0 aromatic carbocycles. The predicted molar refractivity (Wildman–Crippen MR) is 48.9 cm³/mol. The number of carboxylic acids is 1. The Labute approximate surface area is 83.5 Å². The van der Waals surface area contributed by atoms with E-state index >= 15 is 0 Å². The first-order chi connectivity index (χ1) is 6.40. The fraction of sp³-hybridized carbons (Fsp3) is 0.750. The highest BCUT2D eigenvalue weighted by Gasteiger charge is 2.64. The van der Waals surface area contributed by atoms with Gasteiger partial charge < -0.3 is 10.0 Å². The van der Waals surface area contributed by atoms with Crippen molar-refractivity contribution in [1.29, 1.82) is 0 Å². The minimum absolute atomic E-state index is 0.0965. The maximum Gasteiger partial charge on any atom is 0.324 e. The monoisotopic (exact) mass is 217 g/mol. The molecule has 0 spiro atoms. The summed E-state index contributed by atoms with van der Waals surface area (Å²) in [5.41, 5.74) is 0. The highest BCUT2D eigenvalue weighted by molar-refractivity contribution is 7.88. The van der Waals surface area contributed by atoms with E-state index in [0.717, 1.165) is 0 Å². The van der Waals surface area contributed by atoms with Gasteiger partial charge in [0.25, 0.3) is 0 Å². The summed E-state index contributed by atoms with van der Waals surface area (Å²) in [5.74, 6) is -1.19. The second-order valence-corrected chi connectivity index (χ2v) is 5.83. The summed E-state index contributed by atoms with van der Waals surface area (Å²) in [6.45, 7) is 3.09. The molecule has 78 valence electrons. The molecule has 0 saturated carbocycles. The number of fused-ring (bicyclic) bond motifs is 1. The van der Waals surface area contributed by atoms with Crippen molar-refractivity contribution in [2.24, 2.45) is 0 Å². The average Bonchev–Trinajstić information content (AvgIpc) is 2.24. The molecule has 0 aliphatic carbocycles. The zero-order valence-corrected chi connectivity index (χ0v) is 8.71. The van der Waals surface area contributed by atoms with Crippen molar-refractivity contribution >= 4 is 22.7 Å². The van der Waals surface area contributed by atoms with Gasteiger partial charge in [0.15, 0.2) is 4.75 Å². The van der Waals surface area contributed by atoms with Crippen molar-refractivity contribution in [1.82, 2.24) is 4.90 Å². The maximum absolute atomic E-state index is 11.8. The number of nitrogens with zero attached hydrogens (tertiary/aromatic N) is 1. The van der Waals surface area contributed by atoms with Gasteiger partial charge in [-0.05, 0) is 13.8 Å². The Bertz CT molecular complexity index is 355. The largest absolute Gasteiger partial charge is 0.480 e. The van der Waals surface area contributed by atoms with Crippen LogP contribution in [0.25, 0.3) is 0 Å². The molecule has 2 rings (SSSR count). The van der Waals surface area contributed by atoms with E-state index in [1.807, 2.05) is 0 Å². The number of carbonyl (C=O) groups is 2. The number of carboxylic acid groups (broad SMARTS) is 1. The van der Waals surface area contributed by atoms with Crippen LogP contribution in [-0.2, 0) is 20.4 Å².